The van der Waals surface area contributed by atoms with Crippen LogP contribution in [0.1, 0.15) is 15.9 Å². The van der Waals surface area contributed by atoms with E-state index in [0.717, 1.165) is 11.9 Å². The molecule has 0 radical (unpaired) electrons. The van der Waals surface area contributed by atoms with E-state index < -0.39 is 5.92 Å². The molecule has 1 fully saturated rings. The van der Waals surface area contributed by atoms with Gasteiger partial charge in [0.1, 0.15) is 18.0 Å². The minimum Gasteiger partial charge on any atom is -0.508 e. The lowest BCUT2D eigenvalue weighted by molar-refractivity contribution is -0.131. The molecule has 4 rings (SSSR count). The second kappa shape index (κ2) is 11.6. The topological polar surface area (TPSA) is 99.2 Å². The van der Waals surface area contributed by atoms with Crippen LogP contribution in [0.15, 0.2) is 71.6 Å². The largest absolute Gasteiger partial charge is 0.508 e. The van der Waals surface area contributed by atoms with Crippen LogP contribution in [0.5, 0.6) is 11.5 Å². The summed E-state index contributed by atoms with van der Waals surface area (Å²) in [6, 6.07) is 18.8. The average Bonchev–Trinajstić information content (AvgIpc) is 3.03. The average molecular weight is 540 g/mol. The first kappa shape index (κ1) is 26.4. The molecule has 1 unspecified atom stereocenters. The number of ether oxygens (including phenoxy) is 1. The maximum absolute atomic E-state index is 13.5. The number of carbonyl (C=O) groups excluding carboxylic acids is 3. The molecule has 1 heterocycles. The van der Waals surface area contributed by atoms with Crippen molar-refractivity contribution < 1.29 is 24.2 Å². The summed E-state index contributed by atoms with van der Waals surface area (Å²) in [6.07, 6.45) is 0.264. The number of methoxy groups -OCH3 is 1. The number of halogens is 1. The zero-order chi connectivity index (χ0) is 26.5. The van der Waals surface area contributed by atoms with E-state index >= 15 is 0 Å². The number of hydrogen-bond donors (Lipinski definition) is 2. The fourth-order valence-electron chi connectivity index (χ4n) is 4.02. The Kier molecular flexibility index (Phi) is 8.25. The summed E-state index contributed by atoms with van der Waals surface area (Å²) in [5.41, 5.74) is 1.65. The van der Waals surface area contributed by atoms with Crippen LogP contribution in [0.3, 0.4) is 0 Å². The summed E-state index contributed by atoms with van der Waals surface area (Å²) in [6.45, 7) is 0.00671. The van der Waals surface area contributed by atoms with Gasteiger partial charge >= 0.3 is 0 Å². The van der Waals surface area contributed by atoms with Crippen LogP contribution in [0.4, 0.5) is 5.69 Å². The van der Waals surface area contributed by atoms with Crippen molar-refractivity contribution in [2.24, 2.45) is 5.92 Å². The first-order valence-electron chi connectivity index (χ1n) is 11.5. The fraction of sp³-hybridized carbons (Fsp3) is 0.222. The van der Waals surface area contributed by atoms with Crippen LogP contribution < -0.4 is 15.0 Å². The summed E-state index contributed by atoms with van der Waals surface area (Å²) in [5.74, 6) is -0.812. The number of carbonyl (C=O) groups is 3. The standard InChI is InChI=1S/C27H26ClN3O5S/c1-30(19-6-4-3-5-7-19)27(35)22-14-21(9-10-23(22)28)37-31-16-25(33)29-15-18(26(31)34)12-17-13-20(32)8-11-24(17)36-2/h3-11,13-14,18,32H,12,15-16H2,1-2H3,(H,29,33). The van der Waals surface area contributed by atoms with Gasteiger partial charge in [0.2, 0.25) is 11.8 Å². The van der Waals surface area contributed by atoms with E-state index in [1.165, 1.54) is 22.4 Å². The first-order chi connectivity index (χ1) is 17.8. The Balaban J connectivity index is 1.56. The van der Waals surface area contributed by atoms with Gasteiger partial charge < -0.3 is 20.1 Å². The number of anilines is 1. The monoisotopic (exact) mass is 539 g/mol. The van der Waals surface area contributed by atoms with Crippen molar-refractivity contribution in [1.29, 1.82) is 0 Å². The van der Waals surface area contributed by atoms with Gasteiger partial charge in [0, 0.05) is 24.2 Å². The Morgan fingerprint density at radius 1 is 1.16 bits per heavy atom. The number of rotatable bonds is 7. The number of phenolic OH excluding ortho intramolecular Hbond substituents is 1. The zero-order valence-electron chi connectivity index (χ0n) is 20.3. The number of aromatic hydroxyl groups is 1. The number of nitrogens with one attached hydrogen (secondary N) is 1. The van der Waals surface area contributed by atoms with E-state index in [-0.39, 0.29) is 53.6 Å². The molecule has 3 aromatic carbocycles. The smallest absolute Gasteiger partial charge is 0.259 e. The number of amides is 3. The lowest BCUT2D eigenvalue weighted by Crippen LogP contribution is -2.33. The third-order valence-electron chi connectivity index (χ3n) is 5.99. The summed E-state index contributed by atoms with van der Waals surface area (Å²) in [4.78, 5) is 41.2. The zero-order valence-corrected chi connectivity index (χ0v) is 21.9. The van der Waals surface area contributed by atoms with E-state index in [0.29, 0.717) is 21.9 Å². The molecule has 1 saturated heterocycles. The lowest BCUT2D eigenvalue weighted by Gasteiger charge is -2.23. The number of nitrogens with zero attached hydrogens (tertiary/aromatic N) is 2. The van der Waals surface area contributed by atoms with Crippen LogP contribution >= 0.6 is 23.5 Å². The van der Waals surface area contributed by atoms with Crippen LogP contribution in [-0.2, 0) is 16.0 Å². The summed E-state index contributed by atoms with van der Waals surface area (Å²) < 4.78 is 6.76. The van der Waals surface area contributed by atoms with E-state index in [1.54, 1.807) is 37.4 Å². The predicted octanol–water partition coefficient (Wildman–Crippen LogP) is 4.16. The number of phenols is 1. The summed E-state index contributed by atoms with van der Waals surface area (Å²) in [5, 5.41) is 13.0. The van der Waals surface area contributed by atoms with Gasteiger partial charge in [-0.05, 0) is 72.5 Å². The van der Waals surface area contributed by atoms with Gasteiger partial charge in [-0.25, -0.2) is 0 Å². The molecule has 0 saturated carbocycles. The van der Waals surface area contributed by atoms with Gasteiger partial charge in [-0.2, -0.15) is 0 Å². The normalized spacial score (nSPS) is 15.6. The molecule has 1 aliphatic rings. The molecule has 3 aromatic rings. The Bertz CT molecular complexity index is 1320. The third-order valence-corrected chi connectivity index (χ3v) is 7.31. The molecule has 0 spiro atoms. The lowest BCUT2D eigenvalue weighted by atomic mass is 9.97. The van der Waals surface area contributed by atoms with Crippen LogP contribution in [0.2, 0.25) is 5.02 Å². The molecule has 8 nitrogen and oxygen atoms in total. The number of hydrogen-bond acceptors (Lipinski definition) is 6. The van der Waals surface area contributed by atoms with Crippen molar-refractivity contribution in [3.05, 3.63) is 82.9 Å². The molecule has 0 aliphatic carbocycles. The molecule has 3 amide bonds. The minimum atomic E-state index is -0.577. The van der Waals surface area contributed by atoms with Gasteiger partial charge in [0.25, 0.3) is 5.91 Å². The predicted molar refractivity (Wildman–Crippen MR) is 143 cm³/mol. The van der Waals surface area contributed by atoms with E-state index in [2.05, 4.69) is 5.32 Å². The highest BCUT2D eigenvalue weighted by molar-refractivity contribution is 7.97. The van der Waals surface area contributed by atoms with Crippen molar-refractivity contribution in [3.63, 3.8) is 0 Å². The molecule has 0 aromatic heterocycles. The Morgan fingerprint density at radius 3 is 2.65 bits per heavy atom. The highest BCUT2D eigenvalue weighted by Crippen LogP contribution is 2.32. The van der Waals surface area contributed by atoms with E-state index in [4.69, 9.17) is 16.3 Å². The molecule has 37 heavy (non-hydrogen) atoms. The van der Waals surface area contributed by atoms with Gasteiger partial charge in [-0.15, -0.1) is 0 Å². The fourth-order valence-corrected chi connectivity index (χ4v) is 5.19. The number of benzene rings is 3. The van der Waals surface area contributed by atoms with Gasteiger partial charge in [-0.1, -0.05) is 29.8 Å². The molecule has 1 aliphatic heterocycles. The second-order valence-corrected chi connectivity index (χ2v) is 10.0. The van der Waals surface area contributed by atoms with Gasteiger partial charge in [-0.3, -0.25) is 18.7 Å². The summed E-state index contributed by atoms with van der Waals surface area (Å²) in [7, 11) is 3.18. The SMILES string of the molecule is COc1ccc(O)cc1CC1CNC(=O)CN(Sc2ccc(Cl)c(C(=O)N(C)c3ccccc3)c2)C1=O. The van der Waals surface area contributed by atoms with E-state index in [1.807, 2.05) is 30.3 Å². The maximum atomic E-state index is 13.5. The quantitative estimate of drug-likeness (QED) is 0.438. The molecule has 0 bridgehead atoms. The highest BCUT2D eigenvalue weighted by Gasteiger charge is 2.32. The van der Waals surface area contributed by atoms with Gasteiger partial charge in [0.15, 0.2) is 0 Å². The molecule has 192 valence electrons. The molecule has 10 heteroatoms. The molecular formula is C27H26ClN3O5S. The van der Waals surface area contributed by atoms with Crippen molar-refractivity contribution >= 4 is 47.0 Å². The highest BCUT2D eigenvalue weighted by atomic mass is 35.5. The number of para-hydroxylation sites is 1. The van der Waals surface area contributed by atoms with Crippen LogP contribution in [0, 0.1) is 5.92 Å². The van der Waals surface area contributed by atoms with Gasteiger partial charge in [0.05, 0.1) is 23.6 Å². The van der Waals surface area contributed by atoms with Crippen molar-refractivity contribution in [1.82, 2.24) is 9.62 Å². The molecule has 2 N–H and O–H groups in total. The Morgan fingerprint density at radius 2 is 1.92 bits per heavy atom. The second-order valence-electron chi connectivity index (χ2n) is 8.51. The molecule has 1 atom stereocenters. The van der Waals surface area contributed by atoms with Crippen molar-refractivity contribution in [2.75, 3.05) is 32.1 Å². The Labute approximate surface area is 224 Å². The summed E-state index contributed by atoms with van der Waals surface area (Å²) >= 11 is 7.44. The van der Waals surface area contributed by atoms with Crippen molar-refractivity contribution in [2.45, 2.75) is 11.3 Å². The molecular weight excluding hydrogens is 514 g/mol. The third kappa shape index (κ3) is 6.18. The van der Waals surface area contributed by atoms with Crippen molar-refractivity contribution in [3.8, 4) is 11.5 Å². The minimum absolute atomic E-state index is 0.0611. The van der Waals surface area contributed by atoms with E-state index in [9.17, 15) is 19.5 Å². The van der Waals surface area contributed by atoms with Crippen LogP contribution in [0.25, 0.3) is 0 Å². The first-order valence-corrected chi connectivity index (χ1v) is 12.7. The Hall–Kier alpha value is -3.69. The van der Waals surface area contributed by atoms with Crippen LogP contribution in [-0.4, -0.2) is 54.4 Å². The maximum Gasteiger partial charge on any atom is 0.259 e.